The van der Waals surface area contributed by atoms with Gasteiger partial charge in [0.1, 0.15) is 0 Å². The number of H-pyrrole nitrogens is 1. The molecule has 0 amide bonds. The van der Waals surface area contributed by atoms with E-state index in [-0.39, 0.29) is 6.61 Å². The molecule has 0 atom stereocenters. The van der Waals surface area contributed by atoms with Gasteiger partial charge in [-0.05, 0) is 42.5 Å². The van der Waals surface area contributed by atoms with Gasteiger partial charge in [0.25, 0.3) is 0 Å². The first kappa shape index (κ1) is 8.06. The van der Waals surface area contributed by atoms with E-state index in [2.05, 4.69) is 17.1 Å². The smallest absolute Gasteiger partial charge is 0.0682 e. The Hall–Kier alpha value is -1.28. The number of aromatic nitrogens is 1. The Morgan fingerprint density at radius 1 is 1.29 bits per heavy atom. The van der Waals surface area contributed by atoms with Crippen molar-refractivity contribution >= 4 is 10.9 Å². The predicted octanol–water partition coefficient (Wildman–Crippen LogP) is 2.54. The van der Waals surface area contributed by atoms with Crippen molar-refractivity contribution in [3.8, 4) is 0 Å². The van der Waals surface area contributed by atoms with Crippen molar-refractivity contribution < 1.29 is 5.11 Å². The van der Waals surface area contributed by atoms with Crippen molar-refractivity contribution in [1.29, 1.82) is 0 Å². The zero-order chi connectivity index (χ0) is 9.54. The molecule has 2 N–H and O–H groups in total. The number of rotatable bonds is 2. The van der Waals surface area contributed by atoms with Crippen LogP contribution in [0.2, 0.25) is 0 Å². The van der Waals surface area contributed by atoms with E-state index in [1.807, 2.05) is 12.1 Å². The summed E-state index contributed by atoms with van der Waals surface area (Å²) in [5.74, 6) is 0.764. The molecule has 0 radical (unpaired) electrons. The zero-order valence-corrected chi connectivity index (χ0v) is 7.96. The number of aliphatic hydroxyl groups is 1. The van der Waals surface area contributed by atoms with Crippen LogP contribution in [0.5, 0.6) is 0 Å². The van der Waals surface area contributed by atoms with Crippen LogP contribution in [-0.2, 0) is 6.61 Å². The summed E-state index contributed by atoms with van der Waals surface area (Å²) >= 11 is 0. The minimum absolute atomic E-state index is 0.125. The maximum atomic E-state index is 9.02. The van der Waals surface area contributed by atoms with Crippen LogP contribution in [0.4, 0.5) is 0 Å². The summed E-state index contributed by atoms with van der Waals surface area (Å²) in [6.07, 6.45) is 2.64. The second-order valence-electron chi connectivity index (χ2n) is 4.08. The van der Waals surface area contributed by atoms with Crippen LogP contribution in [0.1, 0.15) is 30.0 Å². The van der Waals surface area contributed by atoms with Gasteiger partial charge in [-0.2, -0.15) is 0 Å². The Balaban J connectivity index is 2.12. The van der Waals surface area contributed by atoms with Crippen LogP contribution < -0.4 is 0 Å². The molecular formula is C12H13NO. The van der Waals surface area contributed by atoms with Gasteiger partial charge < -0.3 is 10.1 Å². The standard InChI is InChI=1S/C12H13NO/c14-7-8-1-4-11-10(5-8)6-12(13-11)9-2-3-9/h1,4-6,9,13-14H,2-3,7H2. The molecule has 1 heterocycles. The normalized spacial score (nSPS) is 16.4. The van der Waals surface area contributed by atoms with Crippen molar-refractivity contribution in [2.45, 2.75) is 25.4 Å². The minimum atomic E-state index is 0.125. The van der Waals surface area contributed by atoms with E-state index in [9.17, 15) is 0 Å². The molecule has 1 aliphatic rings. The molecule has 1 fully saturated rings. The summed E-state index contributed by atoms with van der Waals surface area (Å²) in [6.45, 7) is 0.125. The van der Waals surface area contributed by atoms with Crippen LogP contribution >= 0.6 is 0 Å². The third-order valence-corrected chi connectivity index (χ3v) is 2.91. The van der Waals surface area contributed by atoms with Crippen LogP contribution in [0, 0.1) is 0 Å². The molecule has 72 valence electrons. The lowest BCUT2D eigenvalue weighted by atomic mass is 10.1. The second kappa shape index (κ2) is 2.85. The molecule has 2 heteroatoms. The Bertz CT molecular complexity index is 468. The zero-order valence-electron chi connectivity index (χ0n) is 7.96. The maximum absolute atomic E-state index is 9.02. The lowest BCUT2D eigenvalue weighted by molar-refractivity contribution is 0.282. The maximum Gasteiger partial charge on any atom is 0.0682 e. The molecule has 1 aromatic carbocycles. The van der Waals surface area contributed by atoms with E-state index in [4.69, 9.17) is 5.11 Å². The molecule has 2 nitrogen and oxygen atoms in total. The SMILES string of the molecule is OCc1ccc2[nH]c(C3CC3)cc2c1. The Morgan fingerprint density at radius 2 is 2.14 bits per heavy atom. The van der Waals surface area contributed by atoms with E-state index < -0.39 is 0 Å². The van der Waals surface area contributed by atoms with Gasteiger partial charge in [-0.3, -0.25) is 0 Å². The van der Waals surface area contributed by atoms with Gasteiger partial charge in [-0.25, -0.2) is 0 Å². The fraction of sp³-hybridized carbons (Fsp3) is 0.333. The average Bonchev–Trinajstić information content (AvgIpc) is 2.97. The Kier molecular flexibility index (Phi) is 1.64. The number of aromatic amines is 1. The molecule has 0 spiro atoms. The largest absolute Gasteiger partial charge is 0.392 e. The fourth-order valence-corrected chi connectivity index (χ4v) is 1.92. The molecule has 14 heavy (non-hydrogen) atoms. The number of nitrogens with one attached hydrogen (secondary N) is 1. The van der Waals surface area contributed by atoms with Crippen molar-refractivity contribution in [3.63, 3.8) is 0 Å². The molecule has 3 rings (SSSR count). The van der Waals surface area contributed by atoms with Crippen LogP contribution in [0.15, 0.2) is 24.3 Å². The van der Waals surface area contributed by atoms with Gasteiger partial charge in [0.15, 0.2) is 0 Å². The van der Waals surface area contributed by atoms with E-state index in [0.717, 1.165) is 11.5 Å². The van der Waals surface area contributed by atoms with Gasteiger partial charge in [0.05, 0.1) is 6.61 Å². The Morgan fingerprint density at radius 3 is 2.86 bits per heavy atom. The first-order valence-corrected chi connectivity index (χ1v) is 5.09. The highest BCUT2D eigenvalue weighted by atomic mass is 16.3. The van der Waals surface area contributed by atoms with Crippen molar-refractivity contribution in [3.05, 3.63) is 35.5 Å². The number of hydrogen-bond donors (Lipinski definition) is 2. The monoisotopic (exact) mass is 187 g/mol. The summed E-state index contributed by atoms with van der Waals surface area (Å²) in [4.78, 5) is 3.43. The third-order valence-electron chi connectivity index (χ3n) is 2.91. The van der Waals surface area contributed by atoms with Gasteiger partial charge >= 0.3 is 0 Å². The lowest BCUT2D eigenvalue weighted by Gasteiger charge is -1.94. The molecule has 0 bridgehead atoms. The highest BCUT2D eigenvalue weighted by Gasteiger charge is 2.24. The molecule has 1 saturated carbocycles. The average molecular weight is 187 g/mol. The number of fused-ring (bicyclic) bond motifs is 1. The Labute approximate surface area is 82.6 Å². The second-order valence-corrected chi connectivity index (χ2v) is 4.08. The number of benzene rings is 1. The molecule has 0 aliphatic heterocycles. The quantitative estimate of drug-likeness (QED) is 0.744. The van der Waals surface area contributed by atoms with E-state index in [1.54, 1.807) is 0 Å². The molecule has 1 aromatic heterocycles. The first-order valence-electron chi connectivity index (χ1n) is 5.09. The molecule has 0 unspecified atom stereocenters. The summed E-state index contributed by atoms with van der Waals surface area (Å²) in [5, 5.41) is 10.2. The lowest BCUT2D eigenvalue weighted by Crippen LogP contribution is -1.80. The summed E-state index contributed by atoms with van der Waals surface area (Å²) in [5.41, 5.74) is 3.53. The van der Waals surface area contributed by atoms with E-state index in [1.165, 1.54) is 29.4 Å². The van der Waals surface area contributed by atoms with Gasteiger partial charge in [-0.1, -0.05) is 6.07 Å². The molecule has 0 saturated heterocycles. The molecule has 2 aromatic rings. The van der Waals surface area contributed by atoms with Crippen molar-refractivity contribution in [1.82, 2.24) is 4.98 Å². The summed E-state index contributed by atoms with van der Waals surface area (Å²) in [6, 6.07) is 8.28. The van der Waals surface area contributed by atoms with Gasteiger partial charge in [0.2, 0.25) is 0 Å². The number of aliphatic hydroxyl groups excluding tert-OH is 1. The summed E-state index contributed by atoms with van der Waals surface area (Å²) < 4.78 is 0. The topological polar surface area (TPSA) is 36.0 Å². The van der Waals surface area contributed by atoms with Gasteiger partial charge in [0, 0.05) is 16.6 Å². The van der Waals surface area contributed by atoms with E-state index in [0.29, 0.717) is 0 Å². The van der Waals surface area contributed by atoms with Crippen LogP contribution in [0.25, 0.3) is 10.9 Å². The van der Waals surface area contributed by atoms with Crippen molar-refractivity contribution in [2.75, 3.05) is 0 Å². The van der Waals surface area contributed by atoms with Crippen molar-refractivity contribution in [2.24, 2.45) is 0 Å². The molecular weight excluding hydrogens is 174 g/mol. The first-order chi connectivity index (χ1) is 6.86. The third kappa shape index (κ3) is 1.23. The minimum Gasteiger partial charge on any atom is -0.392 e. The number of hydrogen-bond acceptors (Lipinski definition) is 1. The van der Waals surface area contributed by atoms with Crippen LogP contribution in [0.3, 0.4) is 0 Å². The van der Waals surface area contributed by atoms with Crippen LogP contribution in [-0.4, -0.2) is 10.1 Å². The molecule has 1 aliphatic carbocycles. The highest BCUT2D eigenvalue weighted by molar-refractivity contribution is 5.81. The predicted molar refractivity (Wildman–Crippen MR) is 56.2 cm³/mol. The fourth-order valence-electron chi connectivity index (χ4n) is 1.92. The van der Waals surface area contributed by atoms with Gasteiger partial charge in [-0.15, -0.1) is 0 Å². The highest BCUT2D eigenvalue weighted by Crippen LogP contribution is 2.40. The van der Waals surface area contributed by atoms with E-state index >= 15 is 0 Å². The summed E-state index contributed by atoms with van der Waals surface area (Å²) in [7, 11) is 0.